The van der Waals surface area contributed by atoms with E-state index in [4.69, 9.17) is 0 Å². The minimum Gasteiger partial charge on any atom is -0.351 e. The standard InChI is InChI=1S/C23H23N7O/c1-23(30-8-2-3-20(30)31)10-15(11-23)28-22-27-13-17-16(12-26-21(17)29-22)14-4-5-18-19(9-14)25-7-6-24-18/h4-7,9,12-13,15H,2-3,8,10-11H2,1H3,(H2,26,27,28,29). The maximum atomic E-state index is 12.1. The highest BCUT2D eigenvalue weighted by Gasteiger charge is 2.48. The van der Waals surface area contributed by atoms with Crippen molar-refractivity contribution in [3.63, 3.8) is 0 Å². The Kier molecular flexibility index (Phi) is 3.96. The van der Waals surface area contributed by atoms with E-state index in [1.807, 2.05) is 30.6 Å². The molecule has 0 atom stereocenters. The van der Waals surface area contributed by atoms with Gasteiger partial charge in [0.1, 0.15) is 5.65 Å². The summed E-state index contributed by atoms with van der Waals surface area (Å²) in [7, 11) is 0. The molecule has 0 bridgehead atoms. The molecule has 0 unspecified atom stereocenters. The molecular formula is C23H23N7O. The number of hydrogen-bond acceptors (Lipinski definition) is 6. The van der Waals surface area contributed by atoms with Crippen molar-refractivity contribution in [2.45, 2.75) is 44.2 Å². The molecule has 8 nitrogen and oxygen atoms in total. The normalized spacial score (nSPS) is 23.5. The maximum Gasteiger partial charge on any atom is 0.224 e. The van der Waals surface area contributed by atoms with E-state index in [0.29, 0.717) is 12.4 Å². The van der Waals surface area contributed by atoms with Gasteiger partial charge in [-0.3, -0.25) is 14.8 Å². The maximum absolute atomic E-state index is 12.1. The second-order valence-electron chi connectivity index (χ2n) is 8.81. The molecule has 1 amide bonds. The minimum absolute atomic E-state index is 0.0338. The Hall–Kier alpha value is -3.55. The molecule has 31 heavy (non-hydrogen) atoms. The predicted octanol–water partition coefficient (Wildman–Crippen LogP) is 3.52. The largest absolute Gasteiger partial charge is 0.351 e. The van der Waals surface area contributed by atoms with Crippen LogP contribution in [0, 0.1) is 0 Å². The Bertz CT molecular complexity index is 1310. The van der Waals surface area contributed by atoms with E-state index in [-0.39, 0.29) is 17.5 Å². The van der Waals surface area contributed by atoms with Gasteiger partial charge in [0.15, 0.2) is 0 Å². The first-order valence-corrected chi connectivity index (χ1v) is 10.7. The highest BCUT2D eigenvalue weighted by atomic mass is 16.2. The first kappa shape index (κ1) is 18.2. The average Bonchev–Trinajstić information content (AvgIpc) is 3.38. The fraction of sp³-hybridized carbons (Fsp3) is 0.348. The first-order chi connectivity index (χ1) is 15.1. The lowest BCUT2D eigenvalue weighted by Crippen LogP contribution is -2.59. The Balaban J connectivity index is 1.21. The van der Waals surface area contributed by atoms with Crippen LogP contribution in [0.2, 0.25) is 0 Å². The van der Waals surface area contributed by atoms with E-state index in [2.05, 4.69) is 42.1 Å². The second-order valence-corrected chi connectivity index (χ2v) is 8.81. The fourth-order valence-electron chi connectivity index (χ4n) is 5.07. The number of fused-ring (bicyclic) bond motifs is 2. The summed E-state index contributed by atoms with van der Waals surface area (Å²) in [5, 5.41) is 4.41. The third kappa shape index (κ3) is 3.01. The summed E-state index contributed by atoms with van der Waals surface area (Å²) in [6, 6.07) is 6.34. The van der Waals surface area contributed by atoms with Gasteiger partial charge in [0.05, 0.1) is 11.0 Å². The molecule has 4 heterocycles. The average molecular weight is 413 g/mol. The summed E-state index contributed by atoms with van der Waals surface area (Å²) in [6.07, 6.45) is 10.7. The van der Waals surface area contributed by atoms with Crippen LogP contribution >= 0.6 is 0 Å². The summed E-state index contributed by atoms with van der Waals surface area (Å²) in [4.78, 5) is 35.4. The predicted molar refractivity (Wildman–Crippen MR) is 118 cm³/mol. The van der Waals surface area contributed by atoms with Crippen LogP contribution in [0.15, 0.2) is 43.0 Å². The highest BCUT2D eigenvalue weighted by molar-refractivity contribution is 5.95. The Labute approximate surface area is 179 Å². The smallest absolute Gasteiger partial charge is 0.224 e. The van der Waals surface area contributed by atoms with E-state index >= 15 is 0 Å². The lowest BCUT2D eigenvalue weighted by molar-refractivity contribution is -0.136. The van der Waals surface area contributed by atoms with Crippen molar-refractivity contribution in [1.29, 1.82) is 0 Å². The molecule has 8 heteroatoms. The number of H-pyrrole nitrogens is 1. The number of likely N-dealkylation sites (tertiary alicyclic amines) is 1. The van der Waals surface area contributed by atoms with Gasteiger partial charge in [0.25, 0.3) is 0 Å². The van der Waals surface area contributed by atoms with Crippen molar-refractivity contribution in [3.8, 4) is 11.1 Å². The van der Waals surface area contributed by atoms with Gasteiger partial charge in [-0.15, -0.1) is 0 Å². The quantitative estimate of drug-likeness (QED) is 0.531. The molecular weight excluding hydrogens is 390 g/mol. The highest BCUT2D eigenvalue weighted by Crippen LogP contribution is 2.41. The third-order valence-electron chi connectivity index (χ3n) is 6.64. The zero-order valence-corrected chi connectivity index (χ0v) is 17.3. The molecule has 1 saturated heterocycles. The molecule has 2 aliphatic rings. The number of carbonyl (C=O) groups excluding carboxylic acids is 1. The zero-order valence-electron chi connectivity index (χ0n) is 17.3. The Morgan fingerprint density at radius 2 is 2.00 bits per heavy atom. The van der Waals surface area contributed by atoms with Crippen LogP contribution < -0.4 is 5.32 Å². The molecule has 1 saturated carbocycles. The molecule has 1 aromatic carbocycles. The van der Waals surface area contributed by atoms with Crippen molar-refractivity contribution in [2.24, 2.45) is 0 Å². The van der Waals surface area contributed by atoms with Crippen molar-refractivity contribution >= 4 is 33.9 Å². The van der Waals surface area contributed by atoms with E-state index < -0.39 is 0 Å². The number of carbonyl (C=O) groups is 1. The van der Waals surface area contributed by atoms with Crippen molar-refractivity contribution < 1.29 is 4.79 Å². The number of aromatic nitrogens is 5. The number of anilines is 1. The molecule has 1 aliphatic carbocycles. The molecule has 4 aromatic rings. The molecule has 2 N–H and O–H groups in total. The van der Waals surface area contributed by atoms with Gasteiger partial charge in [0, 0.05) is 60.3 Å². The van der Waals surface area contributed by atoms with Crippen LogP contribution in [-0.4, -0.2) is 53.9 Å². The third-order valence-corrected chi connectivity index (χ3v) is 6.64. The summed E-state index contributed by atoms with van der Waals surface area (Å²) < 4.78 is 0. The van der Waals surface area contributed by atoms with E-state index in [1.165, 1.54) is 0 Å². The first-order valence-electron chi connectivity index (χ1n) is 10.7. The lowest BCUT2D eigenvalue weighted by atomic mass is 9.73. The molecule has 3 aromatic heterocycles. The molecule has 0 radical (unpaired) electrons. The zero-order chi connectivity index (χ0) is 21.0. The second kappa shape index (κ2) is 6.73. The summed E-state index contributed by atoms with van der Waals surface area (Å²) in [5.41, 5.74) is 4.58. The summed E-state index contributed by atoms with van der Waals surface area (Å²) in [6.45, 7) is 3.07. The summed E-state index contributed by atoms with van der Waals surface area (Å²) >= 11 is 0. The van der Waals surface area contributed by atoms with Crippen LogP contribution in [0.4, 0.5) is 5.95 Å². The van der Waals surface area contributed by atoms with E-state index in [9.17, 15) is 4.79 Å². The lowest BCUT2D eigenvalue weighted by Gasteiger charge is -2.51. The molecule has 6 rings (SSSR count). The SMILES string of the molecule is CC1(N2CCCC2=O)CC(Nc2ncc3c(-c4ccc5nccnc5c4)c[nH]c3n2)C1. The van der Waals surface area contributed by atoms with Gasteiger partial charge in [-0.1, -0.05) is 6.07 Å². The molecule has 1 aliphatic heterocycles. The van der Waals surface area contributed by atoms with Crippen LogP contribution in [-0.2, 0) is 4.79 Å². The number of benzene rings is 1. The Morgan fingerprint density at radius 3 is 2.81 bits per heavy atom. The minimum atomic E-state index is -0.0338. The van der Waals surface area contributed by atoms with Gasteiger partial charge < -0.3 is 15.2 Å². The van der Waals surface area contributed by atoms with Gasteiger partial charge in [0.2, 0.25) is 11.9 Å². The number of aromatic amines is 1. The van der Waals surface area contributed by atoms with E-state index in [0.717, 1.165) is 59.0 Å². The van der Waals surface area contributed by atoms with Gasteiger partial charge in [-0.2, -0.15) is 4.98 Å². The van der Waals surface area contributed by atoms with Crippen LogP contribution in [0.3, 0.4) is 0 Å². The molecule has 156 valence electrons. The number of nitrogens with one attached hydrogen (secondary N) is 2. The number of rotatable bonds is 4. The summed E-state index contributed by atoms with van der Waals surface area (Å²) in [5.74, 6) is 0.905. The van der Waals surface area contributed by atoms with Gasteiger partial charge in [-0.05, 0) is 43.9 Å². The van der Waals surface area contributed by atoms with Crippen molar-refractivity contribution in [1.82, 2.24) is 29.8 Å². The van der Waals surface area contributed by atoms with Crippen LogP contribution in [0.5, 0.6) is 0 Å². The van der Waals surface area contributed by atoms with Crippen LogP contribution in [0.25, 0.3) is 33.2 Å². The monoisotopic (exact) mass is 413 g/mol. The number of hydrogen-bond donors (Lipinski definition) is 2. The Morgan fingerprint density at radius 1 is 1.16 bits per heavy atom. The number of nitrogens with zero attached hydrogens (tertiary/aromatic N) is 5. The molecule has 0 spiro atoms. The fourth-order valence-corrected chi connectivity index (χ4v) is 5.07. The topological polar surface area (TPSA) is 99.7 Å². The van der Waals surface area contributed by atoms with Crippen LogP contribution in [0.1, 0.15) is 32.6 Å². The van der Waals surface area contributed by atoms with Gasteiger partial charge >= 0.3 is 0 Å². The van der Waals surface area contributed by atoms with Crippen molar-refractivity contribution in [2.75, 3.05) is 11.9 Å². The van der Waals surface area contributed by atoms with E-state index in [1.54, 1.807) is 12.4 Å². The molecule has 2 fully saturated rings. The van der Waals surface area contributed by atoms with Gasteiger partial charge in [-0.25, -0.2) is 4.98 Å². The van der Waals surface area contributed by atoms with Crippen molar-refractivity contribution in [3.05, 3.63) is 43.0 Å². The number of amides is 1.